The molecule has 1 aliphatic carbocycles. The van der Waals surface area contributed by atoms with Crippen molar-refractivity contribution < 1.29 is 0 Å². The zero-order chi connectivity index (χ0) is 11.6. The summed E-state index contributed by atoms with van der Waals surface area (Å²) in [5.74, 6) is 3.09. The Balaban J connectivity index is 1.95. The van der Waals surface area contributed by atoms with E-state index in [2.05, 4.69) is 25.6 Å². The van der Waals surface area contributed by atoms with Gasteiger partial charge in [-0.3, -0.25) is 0 Å². The van der Waals surface area contributed by atoms with Crippen LogP contribution in [0, 0.1) is 11.8 Å². The highest BCUT2D eigenvalue weighted by molar-refractivity contribution is 8.00. The minimum absolute atomic E-state index is 0.389. The van der Waals surface area contributed by atoms with Crippen LogP contribution in [0.1, 0.15) is 58.8 Å². The van der Waals surface area contributed by atoms with Crippen molar-refractivity contribution in [3.8, 4) is 0 Å². The van der Waals surface area contributed by atoms with Crippen LogP contribution in [-0.2, 0) is 0 Å². The second kappa shape index (κ2) is 5.30. The van der Waals surface area contributed by atoms with E-state index in [1.807, 2.05) is 0 Å². The van der Waals surface area contributed by atoms with Gasteiger partial charge in [0.05, 0.1) is 0 Å². The molecule has 0 aromatic rings. The topological polar surface area (TPSA) is 26.0 Å². The fraction of sp³-hybridized carbons (Fsp3) is 1.00. The van der Waals surface area contributed by atoms with E-state index in [0.29, 0.717) is 10.8 Å². The van der Waals surface area contributed by atoms with Gasteiger partial charge in [-0.15, -0.1) is 0 Å². The molecule has 94 valence electrons. The molecule has 2 N–H and O–H groups in total. The Morgan fingerprint density at radius 3 is 2.81 bits per heavy atom. The lowest BCUT2D eigenvalue weighted by atomic mass is 9.73. The second-order valence-electron chi connectivity index (χ2n) is 5.99. The third-order valence-corrected chi connectivity index (χ3v) is 6.49. The molecule has 4 atom stereocenters. The largest absolute Gasteiger partial charge is 0.326 e. The fourth-order valence-corrected chi connectivity index (χ4v) is 5.02. The van der Waals surface area contributed by atoms with Gasteiger partial charge >= 0.3 is 0 Å². The molecule has 0 aromatic heterocycles. The monoisotopic (exact) mass is 241 g/mol. The molecule has 2 rings (SSSR count). The van der Waals surface area contributed by atoms with Crippen LogP contribution in [0.4, 0.5) is 0 Å². The molecule has 1 saturated heterocycles. The molecule has 16 heavy (non-hydrogen) atoms. The SMILES string of the molecule is CCC1CCCC(C(N)C2(C)CCCS2)C1. The first-order chi connectivity index (χ1) is 7.65. The van der Waals surface area contributed by atoms with Gasteiger partial charge in [0.1, 0.15) is 0 Å². The number of nitrogens with two attached hydrogens (primary N) is 1. The highest BCUT2D eigenvalue weighted by atomic mass is 32.2. The van der Waals surface area contributed by atoms with Crippen LogP contribution < -0.4 is 5.73 Å². The molecule has 2 aliphatic rings. The van der Waals surface area contributed by atoms with Crippen LogP contribution in [0.15, 0.2) is 0 Å². The predicted molar refractivity (Wildman–Crippen MR) is 73.8 cm³/mol. The van der Waals surface area contributed by atoms with E-state index >= 15 is 0 Å². The number of hydrogen-bond acceptors (Lipinski definition) is 2. The van der Waals surface area contributed by atoms with Crippen LogP contribution in [0.25, 0.3) is 0 Å². The molecule has 4 unspecified atom stereocenters. The van der Waals surface area contributed by atoms with Crippen LogP contribution >= 0.6 is 11.8 Å². The summed E-state index contributed by atoms with van der Waals surface area (Å²) >= 11 is 2.13. The van der Waals surface area contributed by atoms with Crippen molar-refractivity contribution in [2.24, 2.45) is 17.6 Å². The Hall–Kier alpha value is 0.310. The van der Waals surface area contributed by atoms with E-state index < -0.39 is 0 Å². The molecule has 1 heterocycles. The van der Waals surface area contributed by atoms with E-state index in [0.717, 1.165) is 11.8 Å². The Bertz CT molecular complexity index is 223. The molecule has 0 radical (unpaired) electrons. The Morgan fingerprint density at radius 2 is 2.19 bits per heavy atom. The lowest BCUT2D eigenvalue weighted by molar-refractivity contribution is 0.208. The smallest absolute Gasteiger partial charge is 0.0285 e. The highest BCUT2D eigenvalue weighted by Crippen LogP contribution is 2.45. The van der Waals surface area contributed by atoms with Gasteiger partial charge in [-0.05, 0) is 50.2 Å². The Labute approximate surface area is 105 Å². The highest BCUT2D eigenvalue weighted by Gasteiger charge is 2.40. The average Bonchev–Trinajstić information content (AvgIpc) is 2.76. The molecular weight excluding hydrogens is 214 g/mol. The molecule has 1 saturated carbocycles. The first-order valence-electron chi connectivity index (χ1n) is 7.05. The average molecular weight is 241 g/mol. The molecular formula is C14H27NS. The van der Waals surface area contributed by atoms with Crippen molar-refractivity contribution in [3.05, 3.63) is 0 Å². The standard InChI is InChI=1S/C14H27NS/c1-3-11-6-4-7-12(10-11)13(15)14(2)8-5-9-16-14/h11-13H,3-10,15H2,1-2H3. The Kier molecular flexibility index (Phi) is 4.23. The van der Waals surface area contributed by atoms with Gasteiger partial charge in [0, 0.05) is 10.8 Å². The maximum atomic E-state index is 6.58. The van der Waals surface area contributed by atoms with Crippen LogP contribution in [0.2, 0.25) is 0 Å². The summed E-state index contributed by atoms with van der Waals surface area (Å²) in [6.07, 6.45) is 9.71. The Morgan fingerprint density at radius 1 is 1.38 bits per heavy atom. The molecule has 1 aliphatic heterocycles. The zero-order valence-corrected chi connectivity index (χ0v) is 11.7. The maximum absolute atomic E-state index is 6.58. The molecule has 0 bridgehead atoms. The summed E-state index contributed by atoms with van der Waals surface area (Å²) in [5.41, 5.74) is 6.58. The van der Waals surface area contributed by atoms with Crippen molar-refractivity contribution >= 4 is 11.8 Å². The van der Waals surface area contributed by atoms with Gasteiger partial charge in [-0.2, -0.15) is 11.8 Å². The summed E-state index contributed by atoms with van der Waals surface area (Å²) < 4.78 is 0.389. The summed E-state index contributed by atoms with van der Waals surface area (Å²) in [7, 11) is 0. The predicted octanol–water partition coefficient (Wildman–Crippen LogP) is 3.82. The van der Waals surface area contributed by atoms with Gasteiger partial charge in [0.2, 0.25) is 0 Å². The van der Waals surface area contributed by atoms with E-state index in [1.165, 1.54) is 50.7 Å². The molecule has 2 fully saturated rings. The summed E-state index contributed by atoms with van der Waals surface area (Å²) in [6, 6.07) is 0.439. The van der Waals surface area contributed by atoms with Crippen molar-refractivity contribution in [3.63, 3.8) is 0 Å². The minimum Gasteiger partial charge on any atom is -0.326 e. The summed E-state index contributed by atoms with van der Waals surface area (Å²) in [6.45, 7) is 4.75. The first-order valence-corrected chi connectivity index (χ1v) is 8.04. The van der Waals surface area contributed by atoms with E-state index in [-0.39, 0.29) is 0 Å². The normalized spacial score (nSPS) is 42.2. The summed E-state index contributed by atoms with van der Waals surface area (Å²) in [4.78, 5) is 0. The van der Waals surface area contributed by atoms with Crippen molar-refractivity contribution in [2.75, 3.05) is 5.75 Å². The third-order valence-electron chi connectivity index (χ3n) is 4.86. The van der Waals surface area contributed by atoms with Gasteiger partial charge in [-0.25, -0.2) is 0 Å². The van der Waals surface area contributed by atoms with Crippen molar-refractivity contribution in [1.29, 1.82) is 0 Å². The van der Waals surface area contributed by atoms with E-state index in [4.69, 9.17) is 5.73 Å². The molecule has 0 spiro atoms. The van der Waals surface area contributed by atoms with Crippen LogP contribution in [0.3, 0.4) is 0 Å². The second-order valence-corrected chi connectivity index (χ2v) is 7.62. The number of thioether (sulfide) groups is 1. The van der Waals surface area contributed by atoms with Crippen molar-refractivity contribution in [1.82, 2.24) is 0 Å². The van der Waals surface area contributed by atoms with Gasteiger partial charge in [0.25, 0.3) is 0 Å². The molecule has 1 nitrogen and oxygen atoms in total. The van der Waals surface area contributed by atoms with Gasteiger partial charge in [-0.1, -0.05) is 26.2 Å². The minimum atomic E-state index is 0.389. The van der Waals surface area contributed by atoms with Gasteiger partial charge in [0.15, 0.2) is 0 Å². The first kappa shape index (κ1) is 12.8. The van der Waals surface area contributed by atoms with Gasteiger partial charge < -0.3 is 5.73 Å². The molecule has 0 amide bonds. The summed E-state index contributed by atoms with van der Waals surface area (Å²) in [5, 5.41) is 0. The lowest BCUT2D eigenvalue weighted by Crippen LogP contribution is -2.48. The van der Waals surface area contributed by atoms with Crippen LogP contribution in [0.5, 0.6) is 0 Å². The zero-order valence-electron chi connectivity index (χ0n) is 10.9. The maximum Gasteiger partial charge on any atom is 0.0285 e. The van der Waals surface area contributed by atoms with Crippen LogP contribution in [-0.4, -0.2) is 16.5 Å². The van der Waals surface area contributed by atoms with E-state index in [9.17, 15) is 0 Å². The molecule has 0 aromatic carbocycles. The quantitative estimate of drug-likeness (QED) is 0.813. The lowest BCUT2D eigenvalue weighted by Gasteiger charge is -2.40. The van der Waals surface area contributed by atoms with Crippen molar-refractivity contribution in [2.45, 2.75) is 69.6 Å². The van der Waals surface area contributed by atoms with E-state index in [1.54, 1.807) is 0 Å². The molecule has 2 heteroatoms. The number of hydrogen-bond donors (Lipinski definition) is 1. The third kappa shape index (κ3) is 2.59. The fourth-order valence-electron chi connectivity index (χ4n) is 3.59. The number of rotatable bonds is 3.